The zero-order chi connectivity index (χ0) is 19.3. The number of hydrogen-bond acceptors (Lipinski definition) is 3. The topological polar surface area (TPSA) is 75.3 Å². The van der Waals surface area contributed by atoms with Crippen molar-refractivity contribution in [2.75, 3.05) is 4.72 Å². The maximum absolute atomic E-state index is 12.7. The molecule has 6 heteroatoms. The number of para-hydroxylation sites is 1. The number of carbonyl (C=O) groups is 1. The van der Waals surface area contributed by atoms with E-state index in [0.717, 1.165) is 5.56 Å². The number of hydrogen-bond donors (Lipinski definition) is 2. The van der Waals surface area contributed by atoms with Crippen molar-refractivity contribution in [2.24, 2.45) is 0 Å². The Bertz CT molecular complexity index is 1020. The number of amides is 1. The summed E-state index contributed by atoms with van der Waals surface area (Å²) in [7, 11) is -3.78. The Labute approximate surface area is 159 Å². The van der Waals surface area contributed by atoms with Gasteiger partial charge in [0.1, 0.15) is 0 Å². The van der Waals surface area contributed by atoms with E-state index in [1.165, 1.54) is 12.1 Å². The third kappa shape index (κ3) is 4.54. The van der Waals surface area contributed by atoms with Crippen LogP contribution in [-0.4, -0.2) is 14.3 Å². The van der Waals surface area contributed by atoms with Gasteiger partial charge in [-0.05, 0) is 36.8 Å². The van der Waals surface area contributed by atoms with Gasteiger partial charge in [-0.1, -0.05) is 60.7 Å². The molecule has 0 aromatic heterocycles. The summed E-state index contributed by atoms with van der Waals surface area (Å²) in [6.07, 6.45) is 0. The lowest BCUT2D eigenvalue weighted by Gasteiger charge is -2.17. The van der Waals surface area contributed by atoms with Crippen LogP contribution in [0.1, 0.15) is 28.9 Å². The molecule has 3 aromatic rings. The Hall–Kier alpha value is -3.12. The molecule has 0 aliphatic heterocycles. The summed E-state index contributed by atoms with van der Waals surface area (Å²) in [5, 5.41) is 2.90. The molecule has 0 radical (unpaired) electrons. The summed E-state index contributed by atoms with van der Waals surface area (Å²) in [6, 6.07) is 23.9. The van der Waals surface area contributed by atoms with Crippen molar-refractivity contribution in [1.29, 1.82) is 0 Å². The van der Waals surface area contributed by atoms with Gasteiger partial charge in [0.05, 0.1) is 22.2 Å². The summed E-state index contributed by atoms with van der Waals surface area (Å²) in [6.45, 7) is 1.88. The molecule has 1 unspecified atom stereocenters. The van der Waals surface area contributed by atoms with Gasteiger partial charge in [0.25, 0.3) is 15.9 Å². The predicted molar refractivity (Wildman–Crippen MR) is 106 cm³/mol. The Morgan fingerprint density at radius 1 is 0.815 bits per heavy atom. The van der Waals surface area contributed by atoms with Crippen LogP contribution >= 0.6 is 0 Å². The van der Waals surface area contributed by atoms with Crippen LogP contribution in [-0.2, 0) is 10.0 Å². The molecular weight excluding hydrogens is 360 g/mol. The third-order valence-corrected chi connectivity index (χ3v) is 5.50. The summed E-state index contributed by atoms with van der Waals surface area (Å²) in [4.78, 5) is 12.9. The Morgan fingerprint density at radius 2 is 1.37 bits per heavy atom. The Kier molecular flexibility index (Phi) is 5.57. The molecule has 0 saturated heterocycles. The number of anilines is 1. The highest BCUT2D eigenvalue weighted by Crippen LogP contribution is 2.21. The second-order valence-electron chi connectivity index (χ2n) is 6.07. The van der Waals surface area contributed by atoms with Crippen LogP contribution in [0.25, 0.3) is 0 Å². The number of rotatable bonds is 6. The van der Waals surface area contributed by atoms with Gasteiger partial charge in [0, 0.05) is 0 Å². The molecule has 138 valence electrons. The maximum atomic E-state index is 12.7. The average molecular weight is 380 g/mol. The van der Waals surface area contributed by atoms with E-state index >= 15 is 0 Å². The van der Waals surface area contributed by atoms with E-state index in [-0.39, 0.29) is 28.1 Å². The van der Waals surface area contributed by atoms with Gasteiger partial charge in [-0.25, -0.2) is 8.42 Å². The largest absolute Gasteiger partial charge is 0.345 e. The zero-order valence-electron chi connectivity index (χ0n) is 14.8. The molecule has 0 heterocycles. The molecule has 2 N–H and O–H groups in total. The average Bonchev–Trinajstić information content (AvgIpc) is 2.69. The molecule has 3 rings (SSSR count). The Balaban J connectivity index is 1.83. The first-order valence-corrected chi connectivity index (χ1v) is 9.98. The fraction of sp³-hybridized carbons (Fsp3) is 0.0952. The van der Waals surface area contributed by atoms with Crippen molar-refractivity contribution in [3.8, 4) is 0 Å². The van der Waals surface area contributed by atoms with Crippen LogP contribution in [0.4, 0.5) is 5.69 Å². The van der Waals surface area contributed by atoms with Gasteiger partial charge < -0.3 is 5.32 Å². The van der Waals surface area contributed by atoms with Crippen molar-refractivity contribution in [3.63, 3.8) is 0 Å². The normalized spacial score (nSPS) is 12.2. The van der Waals surface area contributed by atoms with E-state index in [0.29, 0.717) is 0 Å². The van der Waals surface area contributed by atoms with Gasteiger partial charge in [-0.3, -0.25) is 9.52 Å². The molecule has 0 aliphatic rings. The molecule has 5 nitrogen and oxygen atoms in total. The van der Waals surface area contributed by atoms with E-state index in [9.17, 15) is 13.2 Å². The fourth-order valence-electron chi connectivity index (χ4n) is 2.67. The smallest absolute Gasteiger partial charge is 0.261 e. The SMILES string of the molecule is CC(NC(=O)c1ccccc1NS(=O)(=O)c1ccccc1)c1ccccc1. The minimum absolute atomic E-state index is 0.137. The standard InChI is InChI=1S/C21H20N2O3S/c1-16(17-10-4-2-5-11-17)22-21(24)19-14-8-9-15-20(19)23-27(25,26)18-12-6-3-7-13-18/h2-16,23H,1H3,(H,22,24). The number of carbonyl (C=O) groups excluding carboxylic acids is 1. The summed E-state index contributed by atoms with van der Waals surface area (Å²) < 4.78 is 27.7. The van der Waals surface area contributed by atoms with Crippen molar-refractivity contribution in [3.05, 3.63) is 96.1 Å². The lowest BCUT2D eigenvalue weighted by Crippen LogP contribution is -2.28. The minimum Gasteiger partial charge on any atom is -0.345 e. The van der Waals surface area contributed by atoms with Crippen molar-refractivity contribution in [1.82, 2.24) is 5.32 Å². The summed E-state index contributed by atoms with van der Waals surface area (Å²) in [5.74, 6) is -0.349. The first kappa shape index (κ1) is 18.7. The second-order valence-corrected chi connectivity index (χ2v) is 7.75. The summed E-state index contributed by atoms with van der Waals surface area (Å²) in [5.41, 5.74) is 1.46. The van der Waals surface area contributed by atoms with Gasteiger partial charge in [-0.2, -0.15) is 0 Å². The van der Waals surface area contributed by atoms with Crippen molar-refractivity contribution < 1.29 is 13.2 Å². The van der Waals surface area contributed by atoms with Gasteiger partial charge in [0.2, 0.25) is 0 Å². The van der Waals surface area contributed by atoms with E-state index in [1.54, 1.807) is 42.5 Å². The lowest BCUT2D eigenvalue weighted by atomic mass is 10.1. The monoisotopic (exact) mass is 380 g/mol. The molecule has 0 fully saturated rings. The van der Waals surface area contributed by atoms with Gasteiger partial charge in [0.15, 0.2) is 0 Å². The van der Waals surface area contributed by atoms with Crippen LogP contribution < -0.4 is 10.0 Å². The van der Waals surface area contributed by atoms with E-state index < -0.39 is 10.0 Å². The van der Waals surface area contributed by atoms with Gasteiger partial charge in [-0.15, -0.1) is 0 Å². The van der Waals surface area contributed by atoms with E-state index in [4.69, 9.17) is 0 Å². The number of benzene rings is 3. The molecule has 1 amide bonds. The maximum Gasteiger partial charge on any atom is 0.261 e. The Morgan fingerprint density at radius 3 is 2.04 bits per heavy atom. The van der Waals surface area contributed by atoms with Crippen LogP contribution in [0.15, 0.2) is 89.8 Å². The third-order valence-electron chi connectivity index (χ3n) is 4.12. The molecular formula is C21H20N2O3S. The van der Waals surface area contributed by atoms with Crippen molar-refractivity contribution in [2.45, 2.75) is 17.9 Å². The van der Waals surface area contributed by atoms with Crippen LogP contribution in [0, 0.1) is 0 Å². The number of nitrogens with one attached hydrogen (secondary N) is 2. The molecule has 0 bridgehead atoms. The quantitative estimate of drug-likeness (QED) is 0.679. The van der Waals surface area contributed by atoms with Crippen LogP contribution in [0.3, 0.4) is 0 Å². The van der Waals surface area contributed by atoms with E-state index in [1.807, 2.05) is 37.3 Å². The fourth-order valence-corrected chi connectivity index (χ4v) is 3.77. The van der Waals surface area contributed by atoms with E-state index in [2.05, 4.69) is 10.0 Å². The molecule has 0 aliphatic carbocycles. The predicted octanol–water partition coefficient (Wildman–Crippen LogP) is 3.98. The van der Waals surface area contributed by atoms with Crippen LogP contribution in [0.2, 0.25) is 0 Å². The number of sulfonamides is 1. The van der Waals surface area contributed by atoms with Crippen molar-refractivity contribution >= 4 is 21.6 Å². The first-order chi connectivity index (χ1) is 13.0. The van der Waals surface area contributed by atoms with Crippen LogP contribution in [0.5, 0.6) is 0 Å². The molecule has 3 aromatic carbocycles. The minimum atomic E-state index is -3.78. The first-order valence-electron chi connectivity index (χ1n) is 8.50. The summed E-state index contributed by atoms with van der Waals surface area (Å²) >= 11 is 0. The molecule has 0 spiro atoms. The molecule has 1 atom stereocenters. The highest BCUT2D eigenvalue weighted by molar-refractivity contribution is 7.92. The highest BCUT2D eigenvalue weighted by atomic mass is 32.2. The van der Waals surface area contributed by atoms with Gasteiger partial charge >= 0.3 is 0 Å². The molecule has 0 saturated carbocycles. The zero-order valence-corrected chi connectivity index (χ0v) is 15.6. The highest BCUT2D eigenvalue weighted by Gasteiger charge is 2.19. The molecule has 27 heavy (non-hydrogen) atoms. The second kappa shape index (κ2) is 8.05. The lowest BCUT2D eigenvalue weighted by molar-refractivity contribution is 0.0941.